The summed E-state index contributed by atoms with van der Waals surface area (Å²) in [6.45, 7) is 3.86. The number of ether oxygens (including phenoxy) is 1. The van der Waals surface area contributed by atoms with Crippen LogP contribution in [0.5, 0.6) is 5.75 Å². The number of thioether (sulfide) groups is 1. The van der Waals surface area contributed by atoms with Crippen LogP contribution in [0.25, 0.3) is 0 Å². The zero-order chi connectivity index (χ0) is 21.7. The largest absolute Gasteiger partial charge is 0.484 e. The first-order valence-electron chi connectivity index (χ1n) is 9.33. The summed E-state index contributed by atoms with van der Waals surface area (Å²) in [5.41, 5.74) is 0.833. The Bertz CT molecular complexity index is 1010. The second-order valence-electron chi connectivity index (χ2n) is 6.72. The van der Waals surface area contributed by atoms with Gasteiger partial charge in [-0.3, -0.25) is 4.79 Å². The maximum Gasteiger partial charge on any atom is 0.233 e. The van der Waals surface area contributed by atoms with E-state index in [1.54, 1.807) is 35.8 Å². The van der Waals surface area contributed by atoms with E-state index >= 15 is 0 Å². The van der Waals surface area contributed by atoms with Crippen LogP contribution < -0.4 is 10.1 Å². The molecule has 0 saturated carbocycles. The summed E-state index contributed by atoms with van der Waals surface area (Å²) in [6.07, 6.45) is 0. The molecule has 0 saturated heterocycles. The van der Waals surface area contributed by atoms with Gasteiger partial charge in [-0.25, -0.2) is 4.39 Å². The fraction of sp³-hybridized carbons (Fsp3) is 0.286. The molecule has 3 aromatic rings. The number of hydrogen-bond acceptors (Lipinski definition) is 5. The maximum absolute atomic E-state index is 13.1. The Labute approximate surface area is 183 Å². The molecule has 3 rings (SSSR count). The third-order valence-electron chi connectivity index (χ3n) is 4.50. The quantitative estimate of drug-likeness (QED) is 0.512. The minimum atomic E-state index is -0.395. The molecule has 0 bridgehead atoms. The number of carbonyl (C=O) groups is 1. The molecule has 0 aliphatic heterocycles. The van der Waals surface area contributed by atoms with Gasteiger partial charge in [0.05, 0.1) is 16.3 Å². The van der Waals surface area contributed by atoms with E-state index in [-0.39, 0.29) is 24.4 Å². The van der Waals surface area contributed by atoms with Gasteiger partial charge in [-0.2, -0.15) is 0 Å². The van der Waals surface area contributed by atoms with Gasteiger partial charge in [-0.05, 0) is 43.7 Å². The van der Waals surface area contributed by atoms with E-state index in [0.717, 1.165) is 5.56 Å². The molecule has 158 valence electrons. The van der Waals surface area contributed by atoms with E-state index < -0.39 is 5.25 Å². The highest BCUT2D eigenvalue weighted by molar-refractivity contribution is 8.00. The second kappa shape index (κ2) is 9.95. The van der Waals surface area contributed by atoms with E-state index in [1.807, 2.05) is 26.1 Å². The van der Waals surface area contributed by atoms with E-state index in [4.69, 9.17) is 16.3 Å². The predicted molar refractivity (Wildman–Crippen MR) is 115 cm³/mol. The van der Waals surface area contributed by atoms with Gasteiger partial charge in [0.15, 0.2) is 11.0 Å². The van der Waals surface area contributed by atoms with Gasteiger partial charge in [0.1, 0.15) is 18.2 Å². The number of para-hydroxylation sites is 1. The third kappa shape index (κ3) is 5.52. The number of hydrogen-bond donors (Lipinski definition) is 1. The van der Waals surface area contributed by atoms with Crippen molar-refractivity contribution in [2.45, 2.75) is 36.9 Å². The summed E-state index contributed by atoms with van der Waals surface area (Å²) in [5, 5.41) is 12.0. The minimum Gasteiger partial charge on any atom is -0.484 e. The normalized spacial score (nSPS) is 13.0. The Kier molecular flexibility index (Phi) is 7.33. The number of carbonyl (C=O) groups excluding carboxylic acids is 1. The lowest BCUT2D eigenvalue weighted by Crippen LogP contribution is -2.33. The SMILES string of the molecule is CC(Sc1nnc(COc2ccccc2Cl)n1C)C(=O)NC(C)c1ccc(F)cc1. The van der Waals surface area contributed by atoms with E-state index in [9.17, 15) is 9.18 Å². The molecule has 1 aromatic heterocycles. The van der Waals surface area contributed by atoms with Gasteiger partial charge < -0.3 is 14.6 Å². The maximum atomic E-state index is 13.1. The Balaban J connectivity index is 1.57. The van der Waals surface area contributed by atoms with Crippen LogP contribution >= 0.6 is 23.4 Å². The Morgan fingerprint density at radius 1 is 1.20 bits per heavy atom. The lowest BCUT2D eigenvalue weighted by molar-refractivity contribution is -0.120. The highest BCUT2D eigenvalue weighted by Gasteiger charge is 2.21. The minimum absolute atomic E-state index is 0.145. The Hall–Kier alpha value is -2.58. The van der Waals surface area contributed by atoms with Crippen molar-refractivity contribution in [2.75, 3.05) is 0 Å². The lowest BCUT2D eigenvalue weighted by atomic mass is 10.1. The molecule has 1 amide bonds. The molecule has 9 heteroatoms. The van der Waals surface area contributed by atoms with Crippen LogP contribution in [-0.4, -0.2) is 25.9 Å². The molecule has 2 atom stereocenters. The van der Waals surface area contributed by atoms with Gasteiger partial charge in [0.25, 0.3) is 0 Å². The van der Waals surface area contributed by atoms with Crippen molar-refractivity contribution >= 4 is 29.3 Å². The van der Waals surface area contributed by atoms with Crippen molar-refractivity contribution in [2.24, 2.45) is 7.05 Å². The first-order valence-corrected chi connectivity index (χ1v) is 10.6. The first-order chi connectivity index (χ1) is 14.3. The van der Waals surface area contributed by atoms with Crippen LogP contribution in [0.1, 0.15) is 31.3 Å². The average molecular weight is 449 g/mol. The molecule has 30 heavy (non-hydrogen) atoms. The monoisotopic (exact) mass is 448 g/mol. The zero-order valence-electron chi connectivity index (χ0n) is 16.8. The Morgan fingerprint density at radius 3 is 2.60 bits per heavy atom. The number of amides is 1. The van der Waals surface area contributed by atoms with Gasteiger partial charge in [-0.15, -0.1) is 10.2 Å². The number of benzene rings is 2. The number of nitrogens with zero attached hydrogens (tertiary/aromatic N) is 3. The highest BCUT2D eigenvalue weighted by atomic mass is 35.5. The van der Waals surface area contributed by atoms with Crippen LogP contribution in [0, 0.1) is 5.82 Å². The standard InChI is InChI=1S/C21H22ClFN4O2S/c1-13(15-8-10-16(23)11-9-15)24-20(28)14(2)30-21-26-25-19(27(21)3)12-29-18-7-5-4-6-17(18)22/h4-11,13-14H,12H2,1-3H3,(H,24,28). The van der Waals surface area contributed by atoms with Crippen molar-refractivity contribution in [1.82, 2.24) is 20.1 Å². The first kappa shape index (κ1) is 22.1. The number of halogens is 2. The smallest absolute Gasteiger partial charge is 0.233 e. The fourth-order valence-electron chi connectivity index (χ4n) is 2.65. The van der Waals surface area contributed by atoms with Gasteiger partial charge in [0, 0.05) is 7.05 Å². The lowest BCUT2D eigenvalue weighted by Gasteiger charge is -2.17. The Morgan fingerprint density at radius 2 is 1.90 bits per heavy atom. The predicted octanol–water partition coefficient (Wildman–Crippen LogP) is 4.54. The molecule has 0 aliphatic carbocycles. The van der Waals surface area contributed by atoms with Gasteiger partial charge >= 0.3 is 0 Å². The highest BCUT2D eigenvalue weighted by Crippen LogP contribution is 2.26. The van der Waals surface area contributed by atoms with Crippen LogP contribution in [-0.2, 0) is 18.4 Å². The zero-order valence-corrected chi connectivity index (χ0v) is 18.4. The van der Waals surface area contributed by atoms with E-state index in [1.165, 1.54) is 23.9 Å². The van der Waals surface area contributed by atoms with Crippen molar-refractivity contribution in [1.29, 1.82) is 0 Å². The number of rotatable bonds is 8. The second-order valence-corrected chi connectivity index (χ2v) is 8.43. The molecular weight excluding hydrogens is 427 g/mol. The van der Waals surface area contributed by atoms with E-state index in [2.05, 4.69) is 15.5 Å². The molecule has 2 aromatic carbocycles. The van der Waals surface area contributed by atoms with Crippen molar-refractivity contribution < 1.29 is 13.9 Å². The number of nitrogens with one attached hydrogen (secondary N) is 1. The summed E-state index contributed by atoms with van der Waals surface area (Å²) in [4.78, 5) is 12.6. The van der Waals surface area contributed by atoms with E-state index in [0.29, 0.717) is 21.8 Å². The molecule has 6 nitrogen and oxygen atoms in total. The molecule has 0 aliphatic rings. The van der Waals surface area contributed by atoms with Crippen molar-refractivity contribution in [3.63, 3.8) is 0 Å². The van der Waals surface area contributed by atoms with Crippen LogP contribution in [0.4, 0.5) is 4.39 Å². The molecule has 2 unspecified atom stereocenters. The average Bonchev–Trinajstić information content (AvgIpc) is 3.07. The topological polar surface area (TPSA) is 69.0 Å². The summed E-state index contributed by atoms with van der Waals surface area (Å²) < 4.78 is 20.6. The summed E-state index contributed by atoms with van der Waals surface area (Å²) in [5.74, 6) is 0.732. The molecule has 1 heterocycles. The number of aromatic nitrogens is 3. The fourth-order valence-corrected chi connectivity index (χ4v) is 3.69. The van der Waals surface area contributed by atoms with Gasteiger partial charge in [-0.1, -0.05) is 47.6 Å². The third-order valence-corrected chi connectivity index (χ3v) is 5.94. The van der Waals surface area contributed by atoms with Crippen LogP contribution in [0.15, 0.2) is 53.7 Å². The van der Waals surface area contributed by atoms with Gasteiger partial charge in [0.2, 0.25) is 5.91 Å². The molecule has 0 spiro atoms. The summed E-state index contributed by atoms with van der Waals surface area (Å²) >= 11 is 7.40. The molecule has 0 fully saturated rings. The molecule has 0 radical (unpaired) electrons. The van der Waals surface area contributed by atoms with Crippen molar-refractivity contribution in [3.05, 3.63) is 70.8 Å². The summed E-state index contributed by atoms with van der Waals surface area (Å²) in [6, 6.07) is 13.0. The van der Waals surface area contributed by atoms with Crippen LogP contribution in [0.2, 0.25) is 5.02 Å². The van der Waals surface area contributed by atoms with Crippen molar-refractivity contribution in [3.8, 4) is 5.75 Å². The summed E-state index contributed by atoms with van der Waals surface area (Å²) in [7, 11) is 1.82. The molecule has 1 N–H and O–H groups in total. The molecular formula is C21H22ClFN4O2S. The van der Waals surface area contributed by atoms with Crippen LogP contribution in [0.3, 0.4) is 0 Å².